The lowest BCUT2D eigenvalue weighted by molar-refractivity contribution is -0.123. The van der Waals surface area contributed by atoms with Crippen LogP contribution >= 0.6 is 0 Å². The third kappa shape index (κ3) is 1.98. The fourth-order valence-corrected chi connectivity index (χ4v) is 3.17. The first-order valence-corrected chi connectivity index (χ1v) is 7.11. The van der Waals surface area contributed by atoms with Crippen molar-refractivity contribution in [3.05, 3.63) is 42.0 Å². The fraction of sp³-hybridized carbons (Fsp3) is 0.267. The highest BCUT2D eigenvalue weighted by Gasteiger charge is 2.46. The van der Waals surface area contributed by atoms with Gasteiger partial charge in [-0.3, -0.25) is 14.5 Å². The number of hydrogen-bond donors (Lipinski definition) is 0. The molecule has 0 saturated heterocycles. The zero-order valence-electron chi connectivity index (χ0n) is 12.2. The van der Waals surface area contributed by atoms with Gasteiger partial charge < -0.3 is 0 Å². The van der Waals surface area contributed by atoms with Crippen LogP contribution in [-0.2, 0) is 9.59 Å². The normalized spacial score (nSPS) is 23.4. The number of carbonyl (C=O) groups excluding carboxylic acids is 2. The molecule has 0 aliphatic carbocycles. The zero-order chi connectivity index (χ0) is 16.1. The molecule has 116 valence electrons. The predicted molar refractivity (Wildman–Crippen MR) is 78.5 cm³/mol. The number of hydrogen-bond acceptors (Lipinski definition) is 4. The molecule has 2 amide bonds. The number of fused-ring (bicyclic) bond motifs is 3. The highest BCUT2D eigenvalue weighted by atomic mass is 19.1. The highest BCUT2D eigenvalue weighted by molar-refractivity contribution is 6.17. The van der Waals surface area contributed by atoms with Gasteiger partial charge in [0.25, 0.3) is 0 Å². The van der Waals surface area contributed by atoms with Crippen molar-refractivity contribution in [1.29, 1.82) is 0 Å². The first kappa shape index (κ1) is 13.7. The van der Waals surface area contributed by atoms with Crippen LogP contribution in [0.15, 0.2) is 35.6 Å². The van der Waals surface area contributed by atoms with Gasteiger partial charge in [-0.15, -0.1) is 0 Å². The molecular weight excluding hydrogens is 301 g/mol. The van der Waals surface area contributed by atoms with Gasteiger partial charge in [0.2, 0.25) is 17.8 Å². The predicted octanol–water partition coefficient (Wildman–Crippen LogP) is 0.970. The Kier molecular flexibility index (Phi) is 2.87. The van der Waals surface area contributed by atoms with Gasteiger partial charge in [0.1, 0.15) is 18.1 Å². The Morgan fingerprint density at radius 3 is 2.91 bits per heavy atom. The molecule has 8 heteroatoms. The molecule has 0 radical (unpaired) electrons. The molecule has 0 N–H and O–H groups in total. The van der Waals surface area contributed by atoms with E-state index in [-0.39, 0.29) is 24.1 Å². The van der Waals surface area contributed by atoms with Crippen LogP contribution in [0.5, 0.6) is 0 Å². The minimum absolute atomic E-state index is 0.0568. The molecule has 1 aromatic heterocycles. The molecule has 2 unspecified atom stereocenters. The Morgan fingerprint density at radius 1 is 1.30 bits per heavy atom. The molecule has 2 aromatic rings. The number of amides is 2. The van der Waals surface area contributed by atoms with E-state index in [4.69, 9.17) is 0 Å². The van der Waals surface area contributed by atoms with Crippen molar-refractivity contribution in [2.24, 2.45) is 10.9 Å². The van der Waals surface area contributed by atoms with Crippen LogP contribution in [0.2, 0.25) is 0 Å². The standard InChI is InChI=1S/C15H12FN5O2/c1-20-14(23)12-10(8-3-2-4-9(16)5-8)6-11(22)19-13(12)21-15(20)17-7-18-21/h2-5,7,10,12H,6H2,1H3. The number of aromatic nitrogens is 3. The van der Waals surface area contributed by atoms with Crippen LogP contribution in [0, 0.1) is 11.7 Å². The Labute approximate surface area is 130 Å². The molecule has 0 saturated carbocycles. The zero-order valence-corrected chi connectivity index (χ0v) is 12.2. The minimum Gasteiger partial charge on any atom is -0.283 e. The van der Waals surface area contributed by atoms with E-state index in [1.807, 2.05) is 0 Å². The van der Waals surface area contributed by atoms with E-state index in [0.717, 1.165) is 0 Å². The number of anilines is 1. The number of benzene rings is 1. The van der Waals surface area contributed by atoms with Crippen LogP contribution < -0.4 is 4.90 Å². The average Bonchev–Trinajstić information content (AvgIpc) is 3.01. The summed E-state index contributed by atoms with van der Waals surface area (Å²) in [6, 6.07) is 5.96. The quantitative estimate of drug-likeness (QED) is 0.785. The SMILES string of the molecule is CN1C(=O)C2C(=NC(=O)CC2c2cccc(F)c2)n2ncnc21. The molecule has 3 heterocycles. The molecule has 0 spiro atoms. The van der Waals surface area contributed by atoms with Crippen molar-refractivity contribution >= 4 is 23.6 Å². The van der Waals surface area contributed by atoms with Gasteiger partial charge in [-0.25, -0.2) is 4.39 Å². The van der Waals surface area contributed by atoms with E-state index in [2.05, 4.69) is 15.1 Å². The first-order valence-electron chi connectivity index (χ1n) is 7.11. The highest BCUT2D eigenvalue weighted by Crippen LogP contribution is 2.38. The molecule has 0 fully saturated rings. The minimum atomic E-state index is -0.686. The Bertz CT molecular complexity index is 859. The van der Waals surface area contributed by atoms with E-state index in [9.17, 15) is 14.0 Å². The first-order chi connectivity index (χ1) is 11.1. The van der Waals surface area contributed by atoms with Crippen molar-refractivity contribution in [1.82, 2.24) is 14.8 Å². The summed E-state index contributed by atoms with van der Waals surface area (Å²) in [5, 5.41) is 4.06. The molecule has 4 rings (SSSR count). The molecule has 2 aliphatic rings. The number of carbonyl (C=O) groups is 2. The van der Waals surface area contributed by atoms with Crippen LogP contribution in [0.1, 0.15) is 17.9 Å². The molecule has 0 bridgehead atoms. The van der Waals surface area contributed by atoms with E-state index >= 15 is 0 Å². The van der Waals surface area contributed by atoms with Crippen LogP contribution in [-0.4, -0.2) is 39.5 Å². The molecule has 7 nitrogen and oxygen atoms in total. The summed E-state index contributed by atoms with van der Waals surface area (Å²) in [4.78, 5) is 34.2. The maximum absolute atomic E-state index is 13.6. The molecular formula is C15H12FN5O2. The van der Waals surface area contributed by atoms with Gasteiger partial charge >= 0.3 is 0 Å². The second-order valence-corrected chi connectivity index (χ2v) is 5.58. The maximum atomic E-state index is 13.6. The van der Waals surface area contributed by atoms with Crippen molar-refractivity contribution in [2.45, 2.75) is 12.3 Å². The molecule has 1 aromatic carbocycles. The van der Waals surface area contributed by atoms with Gasteiger partial charge in [0.15, 0.2) is 5.84 Å². The van der Waals surface area contributed by atoms with Gasteiger partial charge in [-0.2, -0.15) is 19.8 Å². The lowest BCUT2D eigenvalue weighted by Crippen LogP contribution is -2.51. The van der Waals surface area contributed by atoms with E-state index < -0.39 is 17.7 Å². The third-order valence-electron chi connectivity index (χ3n) is 4.23. The van der Waals surface area contributed by atoms with E-state index in [0.29, 0.717) is 11.5 Å². The van der Waals surface area contributed by atoms with Gasteiger partial charge in [-0.05, 0) is 17.7 Å². The summed E-state index contributed by atoms with van der Waals surface area (Å²) in [6.45, 7) is 0. The lowest BCUT2D eigenvalue weighted by atomic mass is 9.79. The molecule has 23 heavy (non-hydrogen) atoms. The number of halogens is 1. The summed E-state index contributed by atoms with van der Waals surface area (Å²) in [7, 11) is 1.60. The van der Waals surface area contributed by atoms with E-state index in [1.165, 1.54) is 28.0 Å². The fourth-order valence-electron chi connectivity index (χ4n) is 3.17. The van der Waals surface area contributed by atoms with Crippen molar-refractivity contribution in [2.75, 3.05) is 11.9 Å². The summed E-state index contributed by atoms with van der Waals surface area (Å²) >= 11 is 0. The summed E-state index contributed by atoms with van der Waals surface area (Å²) in [6.07, 6.45) is 1.36. The van der Waals surface area contributed by atoms with Gasteiger partial charge in [-0.1, -0.05) is 12.1 Å². The summed E-state index contributed by atoms with van der Waals surface area (Å²) < 4.78 is 15.0. The van der Waals surface area contributed by atoms with Gasteiger partial charge in [0, 0.05) is 19.4 Å². The maximum Gasteiger partial charge on any atom is 0.248 e. The molecule has 2 atom stereocenters. The van der Waals surface area contributed by atoms with Crippen LogP contribution in [0.3, 0.4) is 0 Å². The van der Waals surface area contributed by atoms with Crippen molar-refractivity contribution < 1.29 is 14.0 Å². The Hall–Kier alpha value is -2.90. The number of nitrogens with zero attached hydrogens (tertiary/aromatic N) is 5. The third-order valence-corrected chi connectivity index (χ3v) is 4.23. The summed E-state index contributed by atoms with van der Waals surface area (Å²) in [5.41, 5.74) is 0.598. The smallest absolute Gasteiger partial charge is 0.248 e. The largest absolute Gasteiger partial charge is 0.283 e. The average molecular weight is 313 g/mol. The van der Waals surface area contributed by atoms with Crippen LogP contribution in [0.4, 0.5) is 10.3 Å². The Balaban J connectivity index is 1.88. The van der Waals surface area contributed by atoms with E-state index in [1.54, 1.807) is 19.2 Å². The lowest BCUT2D eigenvalue weighted by Gasteiger charge is -2.36. The number of rotatable bonds is 1. The Morgan fingerprint density at radius 2 is 2.13 bits per heavy atom. The van der Waals surface area contributed by atoms with Crippen LogP contribution in [0.25, 0.3) is 0 Å². The second-order valence-electron chi connectivity index (χ2n) is 5.58. The monoisotopic (exact) mass is 313 g/mol. The van der Waals surface area contributed by atoms with Gasteiger partial charge in [0.05, 0.1) is 0 Å². The summed E-state index contributed by atoms with van der Waals surface area (Å²) in [5.74, 6) is -1.58. The number of aliphatic imine (C=N–C) groups is 1. The second kappa shape index (κ2) is 4.80. The topological polar surface area (TPSA) is 80.5 Å². The molecule has 2 aliphatic heterocycles. The van der Waals surface area contributed by atoms with Crippen molar-refractivity contribution in [3.63, 3.8) is 0 Å². The van der Waals surface area contributed by atoms with Crippen molar-refractivity contribution in [3.8, 4) is 0 Å².